The van der Waals surface area contributed by atoms with Crippen molar-refractivity contribution in [3.63, 3.8) is 0 Å². The Morgan fingerprint density at radius 1 is 1.18 bits per heavy atom. The van der Waals surface area contributed by atoms with Crippen LogP contribution in [0.15, 0.2) is 42.5 Å². The van der Waals surface area contributed by atoms with E-state index in [0.717, 1.165) is 3.57 Å². The molecule has 0 aliphatic carbocycles. The molecule has 0 aliphatic heterocycles. The number of anilines is 1. The summed E-state index contributed by atoms with van der Waals surface area (Å²) in [6.45, 7) is 0. The number of benzene rings is 1. The number of pyridine rings is 1. The Hall–Kier alpha value is -1.14. The van der Waals surface area contributed by atoms with Gasteiger partial charge in [0.05, 0.1) is 5.56 Å². The third-order valence-electron chi connectivity index (χ3n) is 2.08. The van der Waals surface area contributed by atoms with Crippen LogP contribution in [0, 0.1) is 3.57 Å². The van der Waals surface area contributed by atoms with Gasteiger partial charge >= 0.3 is 0 Å². The van der Waals surface area contributed by atoms with Crippen LogP contribution in [-0.4, -0.2) is 10.9 Å². The highest BCUT2D eigenvalue weighted by atomic mass is 127. The standard InChI is InChI=1S/C12H8ClIN2O/c13-10-6-3-7-11(15-10)16-12(17)8-4-1-2-5-9(8)14/h1-7H,(H,15,16,17). The van der Waals surface area contributed by atoms with E-state index in [-0.39, 0.29) is 5.91 Å². The van der Waals surface area contributed by atoms with Crippen LogP contribution >= 0.6 is 34.2 Å². The first-order chi connectivity index (χ1) is 8.16. The van der Waals surface area contributed by atoms with Crippen molar-refractivity contribution in [2.75, 3.05) is 5.32 Å². The molecule has 1 amide bonds. The molecule has 5 heteroatoms. The van der Waals surface area contributed by atoms with Crippen molar-refractivity contribution in [1.29, 1.82) is 0 Å². The minimum atomic E-state index is -0.190. The molecular weight excluding hydrogens is 351 g/mol. The molecule has 1 N–H and O–H groups in total. The van der Waals surface area contributed by atoms with Crippen LogP contribution in [0.3, 0.4) is 0 Å². The summed E-state index contributed by atoms with van der Waals surface area (Å²) in [7, 11) is 0. The smallest absolute Gasteiger partial charge is 0.257 e. The van der Waals surface area contributed by atoms with Crippen molar-refractivity contribution in [3.05, 3.63) is 56.8 Å². The molecule has 0 spiro atoms. The van der Waals surface area contributed by atoms with E-state index in [1.807, 2.05) is 18.2 Å². The summed E-state index contributed by atoms with van der Waals surface area (Å²) in [4.78, 5) is 15.9. The van der Waals surface area contributed by atoms with Gasteiger partial charge in [0.25, 0.3) is 5.91 Å². The number of carbonyl (C=O) groups is 1. The summed E-state index contributed by atoms with van der Waals surface area (Å²) in [5.41, 5.74) is 0.620. The normalized spacial score (nSPS) is 10.0. The van der Waals surface area contributed by atoms with Crippen molar-refractivity contribution >= 4 is 45.9 Å². The fourth-order valence-electron chi connectivity index (χ4n) is 1.31. The third kappa shape index (κ3) is 3.17. The van der Waals surface area contributed by atoms with E-state index >= 15 is 0 Å². The molecule has 86 valence electrons. The van der Waals surface area contributed by atoms with Gasteiger partial charge in [-0.05, 0) is 46.9 Å². The van der Waals surface area contributed by atoms with Crippen LogP contribution in [0.4, 0.5) is 5.82 Å². The Morgan fingerprint density at radius 3 is 2.65 bits per heavy atom. The number of halogens is 2. The van der Waals surface area contributed by atoms with Gasteiger partial charge in [-0.1, -0.05) is 29.8 Å². The lowest BCUT2D eigenvalue weighted by Gasteiger charge is -2.05. The first-order valence-electron chi connectivity index (χ1n) is 4.85. The molecule has 0 aliphatic rings. The van der Waals surface area contributed by atoms with Crippen LogP contribution in [0.1, 0.15) is 10.4 Å². The predicted molar refractivity (Wildman–Crippen MR) is 76.4 cm³/mol. The number of carbonyl (C=O) groups excluding carboxylic acids is 1. The molecule has 1 aromatic carbocycles. The van der Waals surface area contributed by atoms with E-state index in [0.29, 0.717) is 16.5 Å². The van der Waals surface area contributed by atoms with E-state index in [1.165, 1.54) is 0 Å². The Morgan fingerprint density at radius 2 is 1.94 bits per heavy atom. The second kappa shape index (κ2) is 5.46. The molecule has 2 aromatic rings. The van der Waals surface area contributed by atoms with E-state index in [9.17, 15) is 4.79 Å². The number of hydrogen-bond acceptors (Lipinski definition) is 2. The third-order valence-corrected chi connectivity index (χ3v) is 3.23. The Labute approximate surface area is 117 Å². The Kier molecular flexibility index (Phi) is 3.96. The summed E-state index contributed by atoms with van der Waals surface area (Å²) in [6.07, 6.45) is 0. The van der Waals surface area contributed by atoms with Crippen LogP contribution in [-0.2, 0) is 0 Å². The fourth-order valence-corrected chi connectivity index (χ4v) is 2.10. The maximum absolute atomic E-state index is 11.9. The SMILES string of the molecule is O=C(Nc1cccc(Cl)n1)c1ccccc1I. The lowest BCUT2D eigenvalue weighted by Crippen LogP contribution is -2.14. The summed E-state index contributed by atoms with van der Waals surface area (Å²) < 4.78 is 0.893. The largest absolute Gasteiger partial charge is 0.306 e. The van der Waals surface area contributed by atoms with E-state index in [1.54, 1.807) is 24.3 Å². The van der Waals surface area contributed by atoms with Gasteiger partial charge in [0, 0.05) is 3.57 Å². The molecule has 0 fully saturated rings. The van der Waals surface area contributed by atoms with Crippen molar-refractivity contribution in [2.24, 2.45) is 0 Å². The van der Waals surface area contributed by atoms with Gasteiger partial charge in [-0.15, -0.1) is 0 Å². The summed E-state index contributed by atoms with van der Waals surface area (Å²) >= 11 is 7.86. The molecule has 17 heavy (non-hydrogen) atoms. The van der Waals surface area contributed by atoms with Crippen LogP contribution in [0.25, 0.3) is 0 Å². The number of amides is 1. The van der Waals surface area contributed by atoms with Gasteiger partial charge in [0.15, 0.2) is 0 Å². The predicted octanol–water partition coefficient (Wildman–Crippen LogP) is 3.59. The summed E-state index contributed by atoms with van der Waals surface area (Å²) in [5, 5.41) is 3.05. The maximum atomic E-state index is 11.9. The topological polar surface area (TPSA) is 42.0 Å². The first kappa shape index (κ1) is 12.3. The Balaban J connectivity index is 2.20. The number of aromatic nitrogens is 1. The zero-order chi connectivity index (χ0) is 12.3. The van der Waals surface area contributed by atoms with Crippen molar-refractivity contribution in [2.45, 2.75) is 0 Å². The van der Waals surface area contributed by atoms with Gasteiger partial charge < -0.3 is 5.32 Å². The molecule has 1 aromatic heterocycles. The minimum Gasteiger partial charge on any atom is -0.306 e. The van der Waals surface area contributed by atoms with Crippen LogP contribution in [0.5, 0.6) is 0 Å². The average Bonchev–Trinajstić information content (AvgIpc) is 2.29. The molecule has 0 bridgehead atoms. The zero-order valence-electron chi connectivity index (χ0n) is 8.65. The highest BCUT2D eigenvalue weighted by Gasteiger charge is 2.09. The molecule has 0 radical (unpaired) electrons. The molecule has 1 heterocycles. The Bertz CT molecular complexity index is 560. The van der Waals surface area contributed by atoms with Gasteiger partial charge in [0.2, 0.25) is 0 Å². The molecule has 0 saturated carbocycles. The first-order valence-corrected chi connectivity index (χ1v) is 6.31. The number of nitrogens with zero attached hydrogens (tertiary/aromatic N) is 1. The highest BCUT2D eigenvalue weighted by molar-refractivity contribution is 14.1. The monoisotopic (exact) mass is 358 g/mol. The van der Waals surface area contributed by atoms with E-state index in [4.69, 9.17) is 11.6 Å². The zero-order valence-corrected chi connectivity index (χ0v) is 11.6. The average molecular weight is 359 g/mol. The fraction of sp³-hybridized carbons (Fsp3) is 0. The van der Waals surface area contributed by atoms with Gasteiger partial charge in [-0.2, -0.15) is 0 Å². The summed E-state index contributed by atoms with van der Waals surface area (Å²) in [5.74, 6) is 0.256. The second-order valence-electron chi connectivity index (χ2n) is 3.28. The van der Waals surface area contributed by atoms with Gasteiger partial charge in [-0.3, -0.25) is 4.79 Å². The van der Waals surface area contributed by atoms with Crippen LogP contribution in [0.2, 0.25) is 5.15 Å². The maximum Gasteiger partial charge on any atom is 0.257 e. The van der Waals surface area contributed by atoms with Gasteiger partial charge in [-0.25, -0.2) is 4.98 Å². The number of nitrogens with one attached hydrogen (secondary N) is 1. The van der Waals surface area contributed by atoms with E-state index < -0.39 is 0 Å². The van der Waals surface area contributed by atoms with Crippen molar-refractivity contribution < 1.29 is 4.79 Å². The van der Waals surface area contributed by atoms with E-state index in [2.05, 4.69) is 32.9 Å². The molecule has 0 atom stereocenters. The highest BCUT2D eigenvalue weighted by Crippen LogP contribution is 2.14. The number of rotatable bonds is 2. The minimum absolute atomic E-state index is 0.190. The lowest BCUT2D eigenvalue weighted by atomic mass is 10.2. The summed E-state index contributed by atoms with van der Waals surface area (Å²) in [6, 6.07) is 12.4. The molecule has 2 rings (SSSR count). The quantitative estimate of drug-likeness (QED) is 0.658. The van der Waals surface area contributed by atoms with Crippen molar-refractivity contribution in [1.82, 2.24) is 4.98 Å². The number of hydrogen-bond donors (Lipinski definition) is 1. The second-order valence-corrected chi connectivity index (χ2v) is 4.83. The molecular formula is C12H8ClIN2O. The van der Waals surface area contributed by atoms with Gasteiger partial charge in [0.1, 0.15) is 11.0 Å². The molecule has 3 nitrogen and oxygen atoms in total. The van der Waals surface area contributed by atoms with Crippen LogP contribution < -0.4 is 5.32 Å². The molecule has 0 saturated heterocycles. The molecule has 0 unspecified atom stereocenters. The lowest BCUT2D eigenvalue weighted by molar-refractivity contribution is 0.102. The van der Waals surface area contributed by atoms with Crippen molar-refractivity contribution in [3.8, 4) is 0 Å².